The molecule has 4 heteroatoms. The van der Waals surface area contributed by atoms with Crippen LogP contribution >= 0.6 is 22.7 Å². The quantitative estimate of drug-likeness (QED) is 0.474. The van der Waals surface area contributed by atoms with E-state index in [1.165, 1.54) is 29.5 Å². The topological polar surface area (TPSA) is 20.3 Å². The summed E-state index contributed by atoms with van der Waals surface area (Å²) in [6.45, 7) is 5.28. The average molecular weight is 388 g/mol. The number of carbonyl (C=O) groups is 1. The van der Waals surface area contributed by atoms with Crippen LogP contribution in [-0.4, -0.2) is 30.3 Å². The van der Waals surface area contributed by atoms with Gasteiger partial charge >= 0.3 is 0 Å². The van der Waals surface area contributed by atoms with Crippen molar-refractivity contribution in [3.8, 4) is 0 Å². The first-order valence-corrected chi connectivity index (χ1v) is 11.7. The van der Waals surface area contributed by atoms with Crippen LogP contribution in [-0.2, 0) is 4.79 Å². The van der Waals surface area contributed by atoms with Crippen molar-refractivity contribution in [3.63, 3.8) is 0 Å². The van der Waals surface area contributed by atoms with Gasteiger partial charge in [0.25, 0.3) is 0 Å². The Morgan fingerprint density at radius 3 is 2.19 bits per heavy atom. The molecular formula is C22H29NOS2. The molecule has 0 amide bonds. The second-order valence-corrected chi connectivity index (χ2v) is 8.65. The first-order valence-electron chi connectivity index (χ1n) is 9.79. The van der Waals surface area contributed by atoms with Crippen molar-refractivity contribution in [3.05, 3.63) is 50.4 Å². The maximum Gasteiger partial charge on any atom is 0.134 e. The van der Waals surface area contributed by atoms with Gasteiger partial charge in [0.05, 0.1) is 0 Å². The van der Waals surface area contributed by atoms with Crippen LogP contribution in [0.1, 0.15) is 63.0 Å². The largest absolute Gasteiger partial charge is 0.302 e. The first-order chi connectivity index (χ1) is 12.8. The van der Waals surface area contributed by atoms with Crippen molar-refractivity contribution < 1.29 is 4.79 Å². The Kier molecular flexibility index (Phi) is 7.66. The predicted octanol–water partition coefficient (Wildman–Crippen LogP) is 6.25. The molecule has 0 atom stereocenters. The van der Waals surface area contributed by atoms with Gasteiger partial charge in [-0.3, -0.25) is 4.79 Å². The van der Waals surface area contributed by atoms with E-state index in [-0.39, 0.29) is 0 Å². The van der Waals surface area contributed by atoms with E-state index in [2.05, 4.69) is 45.5 Å². The van der Waals surface area contributed by atoms with Gasteiger partial charge in [-0.05, 0) is 69.6 Å². The standard InChI is InChI=1S/C22H29NOS2/c1-2-3-4-5-21(24)8-13-23-11-6-18(7-12-23)22(19-9-14-25-16-19)20-10-15-26-17-20/h9-10,14-17H,2-8,11-13H2,1H3. The van der Waals surface area contributed by atoms with Gasteiger partial charge in [-0.15, -0.1) is 0 Å². The molecule has 0 aromatic carbocycles. The highest BCUT2D eigenvalue weighted by Gasteiger charge is 2.19. The summed E-state index contributed by atoms with van der Waals surface area (Å²) in [6, 6.07) is 4.48. The normalized spacial score (nSPS) is 15.3. The lowest BCUT2D eigenvalue weighted by molar-refractivity contribution is -0.119. The molecule has 3 rings (SSSR count). The average Bonchev–Trinajstić information content (AvgIpc) is 3.36. The van der Waals surface area contributed by atoms with E-state index in [0.29, 0.717) is 5.78 Å². The molecule has 3 heterocycles. The molecule has 2 aromatic rings. The van der Waals surface area contributed by atoms with Crippen LogP contribution in [0.25, 0.3) is 5.57 Å². The molecule has 1 aliphatic heterocycles. The summed E-state index contributed by atoms with van der Waals surface area (Å²) < 4.78 is 0. The highest BCUT2D eigenvalue weighted by atomic mass is 32.1. The Morgan fingerprint density at radius 2 is 1.65 bits per heavy atom. The number of thiophene rings is 2. The van der Waals surface area contributed by atoms with Crippen LogP contribution < -0.4 is 0 Å². The summed E-state index contributed by atoms with van der Waals surface area (Å²) in [4.78, 5) is 14.5. The summed E-state index contributed by atoms with van der Waals surface area (Å²) in [5, 5.41) is 8.87. The van der Waals surface area contributed by atoms with Crippen LogP contribution in [0.2, 0.25) is 0 Å². The number of ketones is 1. The number of rotatable bonds is 9. The fourth-order valence-corrected chi connectivity index (χ4v) is 4.96. The number of likely N-dealkylation sites (tertiary alicyclic amines) is 1. The maximum absolute atomic E-state index is 12.0. The third kappa shape index (κ3) is 5.38. The number of hydrogen-bond acceptors (Lipinski definition) is 4. The molecule has 1 aliphatic rings. The Balaban J connectivity index is 1.56. The minimum absolute atomic E-state index is 0.442. The van der Waals surface area contributed by atoms with Gasteiger partial charge in [-0.2, -0.15) is 22.7 Å². The van der Waals surface area contributed by atoms with Crippen molar-refractivity contribution in [2.24, 2.45) is 0 Å². The van der Waals surface area contributed by atoms with Gasteiger partial charge in [0, 0.05) is 32.5 Å². The molecule has 1 saturated heterocycles. The van der Waals surface area contributed by atoms with E-state index in [0.717, 1.165) is 51.7 Å². The molecule has 2 nitrogen and oxygen atoms in total. The maximum atomic E-state index is 12.0. The second kappa shape index (κ2) is 10.2. The molecule has 2 aromatic heterocycles. The zero-order chi connectivity index (χ0) is 18.2. The molecule has 1 fully saturated rings. The van der Waals surface area contributed by atoms with Gasteiger partial charge in [-0.1, -0.05) is 25.3 Å². The summed E-state index contributed by atoms with van der Waals surface area (Å²) in [6.07, 6.45) is 7.16. The second-order valence-electron chi connectivity index (χ2n) is 7.09. The molecule has 0 bridgehead atoms. The number of piperidine rings is 1. The summed E-state index contributed by atoms with van der Waals surface area (Å²) in [5.74, 6) is 0.442. The Hall–Kier alpha value is -1.23. The molecule has 0 saturated carbocycles. The van der Waals surface area contributed by atoms with Crippen LogP contribution in [0.5, 0.6) is 0 Å². The lowest BCUT2D eigenvalue weighted by Gasteiger charge is -2.29. The zero-order valence-electron chi connectivity index (χ0n) is 15.7. The van der Waals surface area contributed by atoms with E-state index < -0.39 is 0 Å². The fraction of sp³-hybridized carbons (Fsp3) is 0.500. The van der Waals surface area contributed by atoms with Gasteiger partial charge in [0.1, 0.15) is 5.78 Å². The van der Waals surface area contributed by atoms with Gasteiger partial charge in [0.2, 0.25) is 0 Å². The van der Waals surface area contributed by atoms with Crippen LogP contribution in [0.4, 0.5) is 0 Å². The van der Waals surface area contributed by atoms with E-state index >= 15 is 0 Å². The number of hydrogen-bond donors (Lipinski definition) is 0. The zero-order valence-corrected chi connectivity index (χ0v) is 17.3. The Morgan fingerprint density at radius 1 is 1.00 bits per heavy atom. The van der Waals surface area contributed by atoms with Gasteiger partial charge in [0.15, 0.2) is 0 Å². The summed E-state index contributed by atoms with van der Waals surface area (Å²) in [5.41, 5.74) is 5.75. The van der Waals surface area contributed by atoms with Crippen LogP contribution in [0.3, 0.4) is 0 Å². The lowest BCUT2D eigenvalue weighted by Crippen LogP contribution is -2.33. The van der Waals surface area contributed by atoms with E-state index in [4.69, 9.17) is 0 Å². The minimum Gasteiger partial charge on any atom is -0.302 e. The predicted molar refractivity (Wildman–Crippen MR) is 114 cm³/mol. The number of carbonyl (C=O) groups excluding carboxylic acids is 1. The Labute approximate surface area is 165 Å². The van der Waals surface area contributed by atoms with E-state index in [1.807, 2.05) is 0 Å². The summed E-state index contributed by atoms with van der Waals surface area (Å²) >= 11 is 3.54. The number of nitrogens with zero attached hydrogens (tertiary/aromatic N) is 1. The minimum atomic E-state index is 0.442. The molecule has 0 N–H and O–H groups in total. The number of unbranched alkanes of at least 4 members (excludes halogenated alkanes) is 2. The van der Waals surface area contributed by atoms with E-state index in [1.54, 1.807) is 28.2 Å². The summed E-state index contributed by atoms with van der Waals surface area (Å²) in [7, 11) is 0. The third-order valence-corrected chi connectivity index (χ3v) is 6.57. The lowest BCUT2D eigenvalue weighted by atomic mass is 9.91. The van der Waals surface area contributed by atoms with Gasteiger partial charge in [-0.25, -0.2) is 0 Å². The SMILES string of the molecule is CCCCCC(=O)CCN1CCC(=C(c2ccsc2)c2ccsc2)CC1. The molecule has 140 valence electrons. The van der Waals surface area contributed by atoms with Crippen molar-refractivity contribution >= 4 is 34.0 Å². The number of Topliss-reactive ketones (excluding diaryl/α,β-unsaturated/α-hetero) is 1. The van der Waals surface area contributed by atoms with Gasteiger partial charge < -0.3 is 4.90 Å². The molecule has 0 radical (unpaired) electrons. The highest BCUT2D eigenvalue weighted by Crippen LogP contribution is 2.34. The van der Waals surface area contributed by atoms with E-state index in [9.17, 15) is 4.79 Å². The van der Waals surface area contributed by atoms with Crippen LogP contribution in [0.15, 0.2) is 39.2 Å². The fourth-order valence-electron chi connectivity index (χ4n) is 3.66. The van der Waals surface area contributed by atoms with Crippen LogP contribution in [0, 0.1) is 0 Å². The molecular weight excluding hydrogens is 358 g/mol. The first kappa shape index (κ1) is 19.5. The van der Waals surface area contributed by atoms with Crippen molar-refractivity contribution in [1.82, 2.24) is 4.90 Å². The Bertz CT molecular complexity index is 654. The molecule has 0 aliphatic carbocycles. The monoisotopic (exact) mass is 387 g/mol. The molecule has 26 heavy (non-hydrogen) atoms. The third-order valence-electron chi connectivity index (χ3n) is 5.20. The smallest absolute Gasteiger partial charge is 0.134 e. The van der Waals surface area contributed by atoms with Crippen molar-refractivity contribution in [2.75, 3.05) is 19.6 Å². The molecule has 0 unspecified atom stereocenters. The van der Waals surface area contributed by atoms with Crippen molar-refractivity contribution in [1.29, 1.82) is 0 Å². The highest BCUT2D eigenvalue weighted by molar-refractivity contribution is 7.08. The molecule has 0 spiro atoms. The van der Waals surface area contributed by atoms with Crippen molar-refractivity contribution in [2.45, 2.75) is 51.9 Å².